The molecule has 0 aliphatic rings. The number of amides is 2. The molecule has 25 heavy (non-hydrogen) atoms. The number of hydrogen-bond donors (Lipinski definition) is 2. The molecule has 2 amide bonds. The number of anilines is 1. The molecule has 0 saturated carbocycles. The van der Waals surface area contributed by atoms with Crippen LogP contribution in [0.5, 0.6) is 0 Å². The van der Waals surface area contributed by atoms with Gasteiger partial charge in [-0.25, -0.2) is 4.79 Å². The first-order valence-corrected chi connectivity index (χ1v) is 8.49. The third-order valence-corrected chi connectivity index (χ3v) is 4.72. The van der Waals surface area contributed by atoms with E-state index in [-0.39, 0.29) is 22.0 Å². The molecule has 0 spiro atoms. The van der Waals surface area contributed by atoms with Gasteiger partial charge in [0.05, 0.1) is 28.3 Å². The molecule has 2 rings (SSSR count). The first kappa shape index (κ1) is 18.7. The molecule has 134 valence electrons. The Morgan fingerprint density at radius 2 is 2.04 bits per heavy atom. The van der Waals surface area contributed by atoms with Crippen molar-refractivity contribution in [3.63, 3.8) is 0 Å². The first-order chi connectivity index (χ1) is 11.8. The van der Waals surface area contributed by atoms with Gasteiger partial charge >= 0.3 is 5.97 Å². The van der Waals surface area contributed by atoms with E-state index < -0.39 is 17.8 Å². The molecular weight excluding hydrogens is 344 g/mol. The van der Waals surface area contributed by atoms with Gasteiger partial charge in [0.25, 0.3) is 11.8 Å². The van der Waals surface area contributed by atoms with Crippen molar-refractivity contribution in [1.29, 1.82) is 0 Å². The van der Waals surface area contributed by atoms with Crippen LogP contribution in [0.3, 0.4) is 0 Å². The normalized spacial score (nSPS) is 10.6. The van der Waals surface area contributed by atoms with Crippen molar-refractivity contribution in [3.05, 3.63) is 33.5 Å². The van der Waals surface area contributed by atoms with Gasteiger partial charge in [-0.15, -0.1) is 11.3 Å². The minimum atomic E-state index is -0.662. The van der Waals surface area contributed by atoms with Crippen LogP contribution >= 0.6 is 11.3 Å². The van der Waals surface area contributed by atoms with E-state index in [1.165, 1.54) is 4.68 Å². The highest BCUT2D eigenvalue weighted by Crippen LogP contribution is 2.34. The molecular formula is C16H20N4O4S. The second-order valence-corrected chi connectivity index (χ2v) is 6.54. The number of esters is 1. The molecule has 9 heteroatoms. The Morgan fingerprint density at radius 3 is 2.56 bits per heavy atom. The maximum absolute atomic E-state index is 12.5. The maximum atomic E-state index is 12.5. The topological polar surface area (TPSA) is 116 Å². The number of aromatic nitrogens is 2. The number of aryl methyl sites for hydroxylation is 2. The Kier molecular flexibility index (Phi) is 5.58. The summed E-state index contributed by atoms with van der Waals surface area (Å²) in [5, 5.41) is 7.03. The standard InChI is InChI=1S/C16H20N4O4S/c1-5-6-24-16(23)11-8(2)12(13(17)21)25-15(11)18-14(22)10-7-20(4)19-9(10)3/h7H,5-6H2,1-4H3,(H2,17,21)(H,18,22). The number of ether oxygens (including phenoxy) is 1. The zero-order valence-electron chi connectivity index (χ0n) is 14.5. The summed E-state index contributed by atoms with van der Waals surface area (Å²) < 4.78 is 6.68. The first-order valence-electron chi connectivity index (χ1n) is 7.68. The Hall–Kier alpha value is -2.68. The number of thiophene rings is 1. The number of nitrogens with one attached hydrogen (secondary N) is 1. The van der Waals surface area contributed by atoms with Crippen LogP contribution in [-0.2, 0) is 11.8 Å². The predicted molar refractivity (Wildman–Crippen MR) is 94.0 cm³/mol. The number of carbonyl (C=O) groups is 3. The minimum Gasteiger partial charge on any atom is -0.462 e. The molecule has 2 aromatic rings. The lowest BCUT2D eigenvalue weighted by Crippen LogP contribution is -2.15. The highest BCUT2D eigenvalue weighted by molar-refractivity contribution is 7.18. The van der Waals surface area contributed by atoms with Crippen LogP contribution in [0, 0.1) is 13.8 Å². The van der Waals surface area contributed by atoms with Crippen LogP contribution in [-0.4, -0.2) is 34.2 Å². The summed E-state index contributed by atoms with van der Waals surface area (Å²) in [6.07, 6.45) is 2.24. The van der Waals surface area contributed by atoms with Gasteiger partial charge in [-0.05, 0) is 25.8 Å². The molecule has 0 atom stereocenters. The minimum absolute atomic E-state index is 0.155. The molecule has 8 nitrogen and oxygen atoms in total. The van der Waals surface area contributed by atoms with Gasteiger partial charge in [0, 0.05) is 13.2 Å². The molecule has 0 aliphatic carbocycles. The second-order valence-electron chi connectivity index (χ2n) is 5.52. The van der Waals surface area contributed by atoms with Crippen LogP contribution < -0.4 is 11.1 Å². The largest absolute Gasteiger partial charge is 0.462 e. The number of carbonyl (C=O) groups excluding carboxylic acids is 3. The fourth-order valence-electron chi connectivity index (χ4n) is 2.34. The highest BCUT2D eigenvalue weighted by Gasteiger charge is 2.26. The molecule has 0 unspecified atom stereocenters. The van der Waals surface area contributed by atoms with Crippen LogP contribution in [0.25, 0.3) is 0 Å². The fourth-order valence-corrected chi connectivity index (χ4v) is 3.38. The summed E-state index contributed by atoms with van der Waals surface area (Å²) in [5.74, 6) is -1.68. The smallest absolute Gasteiger partial charge is 0.341 e. The molecule has 0 radical (unpaired) electrons. The van der Waals surface area contributed by atoms with E-state index in [2.05, 4.69) is 10.4 Å². The van der Waals surface area contributed by atoms with Gasteiger partial charge in [0.15, 0.2) is 0 Å². The van der Waals surface area contributed by atoms with Crippen molar-refractivity contribution in [1.82, 2.24) is 9.78 Å². The van der Waals surface area contributed by atoms with E-state index in [9.17, 15) is 14.4 Å². The van der Waals surface area contributed by atoms with Crippen LogP contribution in [0.4, 0.5) is 5.00 Å². The van der Waals surface area contributed by atoms with Crippen LogP contribution in [0.1, 0.15) is 55.0 Å². The summed E-state index contributed by atoms with van der Waals surface area (Å²) in [7, 11) is 1.71. The number of nitrogens with two attached hydrogens (primary N) is 1. The molecule has 0 fully saturated rings. The van der Waals surface area contributed by atoms with Crippen molar-refractivity contribution in [2.24, 2.45) is 12.8 Å². The Bertz CT molecular complexity index is 838. The van der Waals surface area contributed by atoms with Gasteiger partial charge < -0.3 is 15.8 Å². The van der Waals surface area contributed by atoms with Gasteiger partial charge in [0.2, 0.25) is 0 Å². The van der Waals surface area contributed by atoms with Gasteiger partial charge in [-0.1, -0.05) is 6.92 Å². The molecule has 0 aromatic carbocycles. The number of nitrogens with zero attached hydrogens (tertiary/aromatic N) is 2. The molecule has 0 aliphatic heterocycles. The van der Waals surface area contributed by atoms with Crippen LogP contribution in [0.2, 0.25) is 0 Å². The summed E-state index contributed by atoms with van der Waals surface area (Å²) in [6, 6.07) is 0. The van der Waals surface area contributed by atoms with E-state index in [1.54, 1.807) is 27.1 Å². The summed E-state index contributed by atoms with van der Waals surface area (Å²) >= 11 is 0.957. The van der Waals surface area contributed by atoms with E-state index in [0.717, 1.165) is 11.3 Å². The monoisotopic (exact) mass is 364 g/mol. The highest BCUT2D eigenvalue weighted by atomic mass is 32.1. The van der Waals surface area contributed by atoms with E-state index >= 15 is 0 Å². The lowest BCUT2D eigenvalue weighted by molar-refractivity contribution is 0.0506. The van der Waals surface area contributed by atoms with Crippen LogP contribution in [0.15, 0.2) is 6.20 Å². The lowest BCUT2D eigenvalue weighted by atomic mass is 10.1. The number of rotatable bonds is 6. The Labute approximate surface area is 149 Å². The maximum Gasteiger partial charge on any atom is 0.341 e. The number of primary amides is 1. The summed E-state index contributed by atoms with van der Waals surface area (Å²) in [5.41, 5.74) is 6.85. The second kappa shape index (κ2) is 7.47. The third-order valence-electron chi connectivity index (χ3n) is 3.50. The van der Waals surface area contributed by atoms with E-state index in [4.69, 9.17) is 10.5 Å². The zero-order valence-corrected chi connectivity index (χ0v) is 15.3. The van der Waals surface area contributed by atoms with Crippen molar-refractivity contribution in [2.75, 3.05) is 11.9 Å². The molecule has 0 bridgehead atoms. The summed E-state index contributed by atoms with van der Waals surface area (Å²) in [6.45, 7) is 5.43. The van der Waals surface area contributed by atoms with Crippen molar-refractivity contribution >= 4 is 34.1 Å². The van der Waals surface area contributed by atoms with E-state index in [1.807, 2.05) is 6.92 Å². The average Bonchev–Trinajstić information content (AvgIpc) is 3.04. The molecule has 2 aromatic heterocycles. The predicted octanol–water partition coefficient (Wildman–Crippen LogP) is 2.02. The van der Waals surface area contributed by atoms with Gasteiger partial charge in [-0.3, -0.25) is 14.3 Å². The molecule has 2 heterocycles. The number of hydrogen-bond acceptors (Lipinski definition) is 6. The third kappa shape index (κ3) is 3.87. The average molecular weight is 364 g/mol. The SMILES string of the molecule is CCCOC(=O)c1c(NC(=O)c2cn(C)nc2C)sc(C(N)=O)c1C. The Balaban J connectivity index is 2.40. The van der Waals surface area contributed by atoms with Crippen molar-refractivity contribution in [3.8, 4) is 0 Å². The fraction of sp³-hybridized carbons (Fsp3) is 0.375. The zero-order chi connectivity index (χ0) is 18.7. The van der Waals surface area contributed by atoms with Crippen molar-refractivity contribution < 1.29 is 19.1 Å². The van der Waals surface area contributed by atoms with E-state index in [0.29, 0.717) is 23.2 Å². The summed E-state index contributed by atoms with van der Waals surface area (Å²) in [4.78, 5) is 36.6. The molecule has 3 N–H and O–H groups in total. The molecule has 0 saturated heterocycles. The quantitative estimate of drug-likeness (QED) is 0.761. The van der Waals surface area contributed by atoms with Gasteiger partial charge in [-0.2, -0.15) is 5.10 Å². The lowest BCUT2D eigenvalue weighted by Gasteiger charge is -2.07. The van der Waals surface area contributed by atoms with Crippen molar-refractivity contribution in [2.45, 2.75) is 27.2 Å². The Morgan fingerprint density at radius 1 is 1.36 bits per heavy atom. The van der Waals surface area contributed by atoms with Gasteiger partial charge in [0.1, 0.15) is 5.00 Å².